The van der Waals surface area contributed by atoms with Gasteiger partial charge < -0.3 is 9.30 Å². The zero-order chi connectivity index (χ0) is 18.7. The lowest BCUT2D eigenvalue weighted by Gasteiger charge is -2.35. The first kappa shape index (κ1) is 16.7. The molecule has 1 fully saturated rings. The fourth-order valence-corrected chi connectivity index (χ4v) is 4.72. The molecule has 0 radical (unpaired) electrons. The lowest BCUT2D eigenvalue weighted by molar-refractivity contribution is 0.0593. The molecular formula is C20H19BrN4O2. The van der Waals surface area contributed by atoms with Crippen LogP contribution in [0.1, 0.15) is 52.2 Å². The minimum Gasteiger partial charge on any atom is -0.464 e. The molecule has 27 heavy (non-hydrogen) atoms. The van der Waals surface area contributed by atoms with E-state index in [9.17, 15) is 4.79 Å². The monoisotopic (exact) mass is 426 g/mol. The number of benzene rings is 1. The summed E-state index contributed by atoms with van der Waals surface area (Å²) in [5.41, 5.74) is 4.79. The van der Waals surface area contributed by atoms with E-state index in [1.165, 1.54) is 12.7 Å². The van der Waals surface area contributed by atoms with Crippen LogP contribution < -0.4 is 0 Å². The molecule has 2 bridgehead atoms. The highest BCUT2D eigenvalue weighted by Gasteiger charge is 2.41. The molecule has 6 nitrogen and oxygen atoms in total. The zero-order valence-electron chi connectivity index (χ0n) is 15.1. The maximum atomic E-state index is 12.5. The summed E-state index contributed by atoms with van der Waals surface area (Å²) in [7, 11) is 3.32. The number of halogens is 1. The van der Waals surface area contributed by atoms with Gasteiger partial charge in [-0.1, -0.05) is 22.0 Å². The molecule has 138 valence electrons. The quantitative estimate of drug-likeness (QED) is 0.596. The summed E-state index contributed by atoms with van der Waals surface area (Å²) in [6.07, 6.45) is 4.53. The van der Waals surface area contributed by atoms with E-state index in [1.54, 1.807) is 6.20 Å². The number of imidazole rings is 1. The summed E-state index contributed by atoms with van der Waals surface area (Å²) in [6, 6.07) is 8.73. The van der Waals surface area contributed by atoms with E-state index in [2.05, 4.69) is 43.8 Å². The highest BCUT2D eigenvalue weighted by atomic mass is 79.9. The number of aryl methyl sites for hydroxylation is 1. The second kappa shape index (κ2) is 6.05. The van der Waals surface area contributed by atoms with Crippen LogP contribution in [0.3, 0.4) is 0 Å². The molecule has 7 heteroatoms. The number of aromatic nitrogens is 4. The summed E-state index contributed by atoms with van der Waals surface area (Å²) in [5, 5.41) is 4.26. The minimum absolute atomic E-state index is 0.366. The molecule has 1 aromatic carbocycles. The third kappa shape index (κ3) is 2.48. The van der Waals surface area contributed by atoms with Crippen molar-refractivity contribution in [2.75, 3.05) is 7.11 Å². The number of esters is 1. The fourth-order valence-electron chi connectivity index (χ4n) is 4.36. The Hall–Kier alpha value is -2.41. The van der Waals surface area contributed by atoms with E-state index in [4.69, 9.17) is 9.72 Å². The number of carbonyl (C=O) groups excluding carboxylic acids is 1. The van der Waals surface area contributed by atoms with E-state index in [-0.39, 0.29) is 5.97 Å². The topological polar surface area (TPSA) is 61.9 Å². The summed E-state index contributed by atoms with van der Waals surface area (Å²) in [4.78, 5) is 17.3. The van der Waals surface area contributed by atoms with Crippen LogP contribution in [0.2, 0.25) is 0 Å². The predicted molar refractivity (Wildman–Crippen MR) is 104 cm³/mol. The Morgan fingerprint density at radius 2 is 2.15 bits per heavy atom. The first-order valence-electron chi connectivity index (χ1n) is 9.03. The molecule has 1 saturated carbocycles. The molecule has 3 aliphatic rings. The number of rotatable bonds is 3. The Balaban J connectivity index is 1.75. The number of hydrogen-bond donors (Lipinski definition) is 0. The van der Waals surface area contributed by atoms with Crippen molar-refractivity contribution in [3.05, 3.63) is 57.6 Å². The molecule has 2 aromatic heterocycles. The Kier molecular flexibility index (Phi) is 3.75. The Morgan fingerprint density at radius 1 is 1.33 bits per heavy atom. The van der Waals surface area contributed by atoms with Crippen LogP contribution in [0.4, 0.5) is 0 Å². The average Bonchev–Trinajstić information content (AvgIpc) is 3.12. The Labute approximate surface area is 165 Å². The third-order valence-corrected chi connectivity index (χ3v) is 6.33. The van der Waals surface area contributed by atoms with Gasteiger partial charge in [0.25, 0.3) is 0 Å². The van der Waals surface area contributed by atoms with Gasteiger partial charge in [-0.05, 0) is 42.5 Å². The minimum atomic E-state index is -0.389. The second-order valence-corrected chi connectivity index (χ2v) is 8.18. The van der Waals surface area contributed by atoms with Gasteiger partial charge in [-0.3, -0.25) is 4.68 Å². The summed E-state index contributed by atoms with van der Waals surface area (Å²) in [6.45, 7) is 0. The molecule has 0 atom stereocenters. The van der Waals surface area contributed by atoms with Crippen LogP contribution in [-0.4, -0.2) is 32.4 Å². The van der Waals surface area contributed by atoms with Gasteiger partial charge in [-0.2, -0.15) is 5.10 Å². The molecule has 6 rings (SSSR count). The number of nitrogens with zero attached hydrogens (tertiary/aromatic N) is 4. The molecule has 0 amide bonds. The van der Waals surface area contributed by atoms with Crippen LogP contribution in [0.15, 0.2) is 34.9 Å². The molecular weight excluding hydrogens is 408 g/mol. The first-order valence-corrected chi connectivity index (χ1v) is 9.82. The normalized spacial score (nSPS) is 19.7. The Bertz CT molecular complexity index is 1060. The van der Waals surface area contributed by atoms with Gasteiger partial charge in [0, 0.05) is 41.4 Å². The van der Waals surface area contributed by atoms with Gasteiger partial charge in [0.05, 0.1) is 12.8 Å². The molecule has 0 N–H and O–H groups in total. The van der Waals surface area contributed by atoms with Gasteiger partial charge in [0.1, 0.15) is 5.82 Å². The summed E-state index contributed by atoms with van der Waals surface area (Å²) in [5.74, 6) is 1.04. The lowest BCUT2D eigenvalue weighted by Crippen LogP contribution is -2.25. The van der Waals surface area contributed by atoms with Crippen molar-refractivity contribution in [3.8, 4) is 11.4 Å². The number of hydrogen-bond acceptors (Lipinski definition) is 4. The van der Waals surface area contributed by atoms with E-state index < -0.39 is 0 Å². The van der Waals surface area contributed by atoms with Crippen LogP contribution in [0.5, 0.6) is 0 Å². The van der Waals surface area contributed by atoms with Gasteiger partial charge in [0.15, 0.2) is 5.69 Å². The smallest absolute Gasteiger partial charge is 0.358 e. The van der Waals surface area contributed by atoms with Crippen molar-refractivity contribution >= 4 is 21.9 Å². The highest BCUT2D eigenvalue weighted by molar-refractivity contribution is 9.10. The molecule has 2 aliphatic heterocycles. The van der Waals surface area contributed by atoms with Crippen molar-refractivity contribution in [2.24, 2.45) is 7.05 Å². The molecule has 1 aliphatic carbocycles. The standard InChI is InChI=1S/C20H19BrN4O2/c1-24-13(5-6-22-24)10-17-18(20(26)27-2)23-19-16-9-12(21)3-4-15(16)11-7-14(8-11)25(17)19/h3-6,9,11,14H,7-8,10H2,1-2H3. The average molecular weight is 427 g/mol. The van der Waals surface area contributed by atoms with Gasteiger partial charge in [-0.15, -0.1) is 0 Å². The van der Waals surface area contributed by atoms with Crippen LogP contribution >= 0.6 is 15.9 Å². The van der Waals surface area contributed by atoms with Crippen LogP contribution in [-0.2, 0) is 18.2 Å². The van der Waals surface area contributed by atoms with Crippen molar-refractivity contribution in [1.29, 1.82) is 0 Å². The number of ether oxygens (including phenoxy) is 1. The van der Waals surface area contributed by atoms with Crippen molar-refractivity contribution < 1.29 is 9.53 Å². The first-order chi connectivity index (χ1) is 13.1. The van der Waals surface area contributed by atoms with Gasteiger partial charge >= 0.3 is 5.97 Å². The van der Waals surface area contributed by atoms with E-state index >= 15 is 0 Å². The number of methoxy groups -OCH3 is 1. The van der Waals surface area contributed by atoms with Gasteiger partial charge in [-0.25, -0.2) is 9.78 Å². The second-order valence-electron chi connectivity index (χ2n) is 7.27. The van der Waals surface area contributed by atoms with E-state index in [0.29, 0.717) is 24.1 Å². The Morgan fingerprint density at radius 3 is 2.85 bits per heavy atom. The van der Waals surface area contributed by atoms with E-state index in [1.807, 2.05) is 17.8 Å². The lowest BCUT2D eigenvalue weighted by atomic mass is 9.75. The van der Waals surface area contributed by atoms with Crippen LogP contribution in [0.25, 0.3) is 11.4 Å². The van der Waals surface area contributed by atoms with Crippen molar-refractivity contribution in [2.45, 2.75) is 31.2 Å². The van der Waals surface area contributed by atoms with Crippen molar-refractivity contribution in [3.63, 3.8) is 0 Å². The van der Waals surface area contributed by atoms with Crippen molar-refractivity contribution in [1.82, 2.24) is 19.3 Å². The molecule has 0 saturated heterocycles. The summed E-state index contributed by atoms with van der Waals surface area (Å²) < 4.78 is 10.2. The molecule has 3 aromatic rings. The maximum absolute atomic E-state index is 12.5. The maximum Gasteiger partial charge on any atom is 0.358 e. The summed E-state index contributed by atoms with van der Waals surface area (Å²) >= 11 is 3.59. The van der Waals surface area contributed by atoms with E-state index in [0.717, 1.165) is 40.1 Å². The van der Waals surface area contributed by atoms with Crippen LogP contribution in [0, 0.1) is 0 Å². The molecule has 0 spiro atoms. The third-order valence-electron chi connectivity index (χ3n) is 5.83. The highest BCUT2D eigenvalue weighted by Crippen LogP contribution is 2.53. The predicted octanol–water partition coefficient (Wildman–Crippen LogP) is 3.86. The van der Waals surface area contributed by atoms with Gasteiger partial charge in [0.2, 0.25) is 0 Å². The SMILES string of the molecule is COC(=O)c1nc2n(c1Cc1ccnn1C)C1CC(C1)c1ccc(Br)cc1-2. The largest absolute Gasteiger partial charge is 0.464 e. The number of carbonyl (C=O) groups is 1. The molecule has 4 heterocycles. The zero-order valence-corrected chi connectivity index (χ0v) is 16.7. The molecule has 0 unspecified atom stereocenters. The fraction of sp³-hybridized carbons (Fsp3) is 0.350.